The van der Waals surface area contributed by atoms with Crippen molar-refractivity contribution < 1.29 is 8.78 Å². The zero-order valence-electron chi connectivity index (χ0n) is 9.13. The minimum atomic E-state index is -0.631. The fourth-order valence-electron chi connectivity index (χ4n) is 1.69. The first-order chi connectivity index (χ1) is 8.47. The van der Waals surface area contributed by atoms with E-state index in [1.165, 1.54) is 12.1 Å². The maximum Gasteiger partial charge on any atom is 0.126 e. The Morgan fingerprint density at radius 3 is 2.11 bits per heavy atom. The minimum Gasteiger partial charge on any atom is -0.320 e. The molecule has 0 bridgehead atoms. The molecule has 2 aromatic rings. The topological polar surface area (TPSA) is 26.0 Å². The van der Waals surface area contributed by atoms with E-state index >= 15 is 0 Å². The molecule has 2 aromatic carbocycles. The minimum absolute atomic E-state index is 0.399. The summed E-state index contributed by atoms with van der Waals surface area (Å²) in [5.74, 6) is -1.26. The van der Waals surface area contributed by atoms with Crippen LogP contribution in [-0.2, 0) is 0 Å². The maximum absolute atomic E-state index is 13.2. The third-order valence-corrected chi connectivity index (χ3v) is 3.72. The molecule has 0 aliphatic rings. The van der Waals surface area contributed by atoms with E-state index in [-0.39, 0.29) is 0 Å². The van der Waals surface area contributed by atoms with E-state index < -0.39 is 17.7 Å². The van der Waals surface area contributed by atoms with Crippen LogP contribution in [0.4, 0.5) is 8.78 Å². The number of hydrogen-bond donors (Lipinski definition) is 1. The summed E-state index contributed by atoms with van der Waals surface area (Å²) in [7, 11) is 0. The Morgan fingerprint density at radius 1 is 0.944 bits per heavy atom. The van der Waals surface area contributed by atoms with E-state index in [2.05, 4.69) is 31.9 Å². The van der Waals surface area contributed by atoms with E-state index in [4.69, 9.17) is 5.73 Å². The average molecular weight is 377 g/mol. The molecule has 1 atom stereocenters. The van der Waals surface area contributed by atoms with Crippen LogP contribution in [0.5, 0.6) is 0 Å². The van der Waals surface area contributed by atoms with Crippen LogP contribution in [0, 0.1) is 11.6 Å². The number of nitrogens with two attached hydrogens (primary N) is 1. The van der Waals surface area contributed by atoms with Crippen molar-refractivity contribution in [2.75, 3.05) is 0 Å². The Kier molecular flexibility index (Phi) is 4.14. The summed E-state index contributed by atoms with van der Waals surface area (Å²) in [6, 6.07) is 8.19. The Hall–Kier alpha value is -0.780. The van der Waals surface area contributed by atoms with Gasteiger partial charge in [0.05, 0.1) is 6.04 Å². The summed E-state index contributed by atoms with van der Waals surface area (Å²) in [6.45, 7) is 0. The molecule has 0 heterocycles. The molecule has 0 aromatic heterocycles. The number of hydrogen-bond acceptors (Lipinski definition) is 1. The standard InChI is InChI=1S/C13H9Br2F2N/c14-8-1-2-11(12(15)5-8)13(18)7-3-9(16)6-10(17)4-7/h1-6,13H,18H2. The van der Waals surface area contributed by atoms with Gasteiger partial charge in [0.15, 0.2) is 0 Å². The third-order valence-electron chi connectivity index (χ3n) is 2.54. The lowest BCUT2D eigenvalue weighted by Gasteiger charge is -2.15. The van der Waals surface area contributed by atoms with Crippen LogP contribution in [0.1, 0.15) is 17.2 Å². The lowest BCUT2D eigenvalue weighted by Crippen LogP contribution is -2.13. The Morgan fingerprint density at radius 2 is 1.56 bits per heavy atom. The zero-order valence-corrected chi connectivity index (χ0v) is 12.3. The largest absolute Gasteiger partial charge is 0.320 e. The van der Waals surface area contributed by atoms with Gasteiger partial charge in [-0.3, -0.25) is 0 Å². The van der Waals surface area contributed by atoms with Gasteiger partial charge in [0.2, 0.25) is 0 Å². The van der Waals surface area contributed by atoms with Crippen molar-refractivity contribution in [1.82, 2.24) is 0 Å². The van der Waals surface area contributed by atoms with Crippen LogP contribution in [0.2, 0.25) is 0 Å². The Labute approximate surface area is 120 Å². The second-order valence-electron chi connectivity index (χ2n) is 3.85. The number of rotatable bonds is 2. The molecule has 1 nitrogen and oxygen atoms in total. The van der Waals surface area contributed by atoms with Crippen LogP contribution >= 0.6 is 31.9 Å². The van der Waals surface area contributed by atoms with Crippen LogP contribution in [0.3, 0.4) is 0 Å². The van der Waals surface area contributed by atoms with E-state index in [1.54, 1.807) is 0 Å². The van der Waals surface area contributed by atoms with Crippen molar-refractivity contribution in [3.05, 3.63) is 68.1 Å². The quantitative estimate of drug-likeness (QED) is 0.818. The van der Waals surface area contributed by atoms with Gasteiger partial charge >= 0.3 is 0 Å². The molecule has 0 aliphatic heterocycles. The smallest absolute Gasteiger partial charge is 0.126 e. The summed E-state index contributed by atoms with van der Waals surface area (Å²) in [5, 5.41) is 0. The highest BCUT2D eigenvalue weighted by molar-refractivity contribution is 9.11. The maximum atomic E-state index is 13.2. The van der Waals surface area contributed by atoms with Crippen molar-refractivity contribution in [2.24, 2.45) is 5.73 Å². The summed E-state index contributed by atoms with van der Waals surface area (Å²) in [4.78, 5) is 0. The molecule has 2 N–H and O–H groups in total. The van der Waals surface area contributed by atoms with Gasteiger partial charge in [-0.05, 0) is 35.4 Å². The summed E-state index contributed by atoms with van der Waals surface area (Å²) >= 11 is 6.72. The summed E-state index contributed by atoms with van der Waals surface area (Å²) in [6.07, 6.45) is 0. The Bertz CT molecular complexity index is 567. The fraction of sp³-hybridized carbons (Fsp3) is 0.0769. The molecule has 2 rings (SSSR count). The Balaban J connectivity index is 2.44. The van der Waals surface area contributed by atoms with E-state index in [0.717, 1.165) is 20.6 Å². The first-order valence-corrected chi connectivity index (χ1v) is 6.72. The second-order valence-corrected chi connectivity index (χ2v) is 5.62. The molecule has 0 amide bonds. The van der Waals surface area contributed by atoms with Gasteiger partial charge in [-0.2, -0.15) is 0 Å². The van der Waals surface area contributed by atoms with Gasteiger partial charge in [0.25, 0.3) is 0 Å². The first-order valence-electron chi connectivity index (χ1n) is 5.14. The van der Waals surface area contributed by atoms with Gasteiger partial charge < -0.3 is 5.73 Å². The van der Waals surface area contributed by atoms with Crippen molar-refractivity contribution in [1.29, 1.82) is 0 Å². The molecule has 18 heavy (non-hydrogen) atoms. The fourth-order valence-corrected chi connectivity index (χ4v) is 2.98. The predicted molar refractivity (Wildman–Crippen MR) is 74.2 cm³/mol. The highest BCUT2D eigenvalue weighted by atomic mass is 79.9. The lowest BCUT2D eigenvalue weighted by molar-refractivity contribution is 0.577. The molecule has 0 spiro atoms. The predicted octanol–water partition coefficient (Wildman–Crippen LogP) is 4.54. The van der Waals surface area contributed by atoms with Crippen LogP contribution in [0.25, 0.3) is 0 Å². The lowest BCUT2D eigenvalue weighted by atomic mass is 9.99. The van der Waals surface area contributed by atoms with E-state index in [0.29, 0.717) is 5.56 Å². The summed E-state index contributed by atoms with van der Waals surface area (Å²) in [5.41, 5.74) is 7.19. The SMILES string of the molecule is NC(c1cc(F)cc(F)c1)c1ccc(Br)cc1Br. The first kappa shape index (κ1) is 13.6. The van der Waals surface area contributed by atoms with Crippen molar-refractivity contribution in [2.45, 2.75) is 6.04 Å². The van der Waals surface area contributed by atoms with Crippen molar-refractivity contribution in [3.8, 4) is 0 Å². The monoisotopic (exact) mass is 375 g/mol. The molecule has 5 heteroatoms. The molecule has 0 saturated carbocycles. The van der Waals surface area contributed by atoms with E-state index in [9.17, 15) is 8.78 Å². The van der Waals surface area contributed by atoms with Crippen LogP contribution < -0.4 is 5.73 Å². The van der Waals surface area contributed by atoms with Gasteiger partial charge in [-0.15, -0.1) is 0 Å². The molecule has 1 unspecified atom stereocenters. The molecule has 0 radical (unpaired) electrons. The molecule has 0 saturated heterocycles. The molecular weight excluding hydrogens is 368 g/mol. The highest BCUT2D eigenvalue weighted by Crippen LogP contribution is 2.29. The number of benzene rings is 2. The summed E-state index contributed by atoms with van der Waals surface area (Å²) < 4.78 is 28.0. The van der Waals surface area contributed by atoms with Crippen molar-refractivity contribution in [3.63, 3.8) is 0 Å². The van der Waals surface area contributed by atoms with Gasteiger partial charge in [0, 0.05) is 15.0 Å². The van der Waals surface area contributed by atoms with Gasteiger partial charge in [0.1, 0.15) is 11.6 Å². The van der Waals surface area contributed by atoms with E-state index in [1.807, 2.05) is 18.2 Å². The number of halogens is 4. The zero-order chi connectivity index (χ0) is 13.3. The average Bonchev–Trinajstić information content (AvgIpc) is 2.26. The molecule has 0 aliphatic carbocycles. The van der Waals surface area contributed by atoms with Gasteiger partial charge in [-0.25, -0.2) is 8.78 Å². The van der Waals surface area contributed by atoms with Crippen molar-refractivity contribution >= 4 is 31.9 Å². The molecular formula is C13H9Br2F2N. The molecule has 0 fully saturated rings. The third kappa shape index (κ3) is 2.96. The normalized spacial score (nSPS) is 12.5. The van der Waals surface area contributed by atoms with Crippen LogP contribution in [0.15, 0.2) is 45.3 Å². The molecule has 94 valence electrons. The van der Waals surface area contributed by atoms with Gasteiger partial charge in [-0.1, -0.05) is 37.9 Å². The van der Waals surface area contributed by atoms with Crippen LogP contribution in [-0.4, -0.2) is 0 Å². The second kappa shape index (κ2) is 5.47. The highest BCUT2D eigenvalue weighted by Gasteiger charge is 2.14.